The molecule has 90 valence electrons. The third kappa shape index (κ3) is 2.63. The number of aromatic amines is 1. The van der Waals surface area contributed by atoms with Gasteiger partial charge in [0.15, 0.2) is 5.69 Å². The van der Waals surface area contributed by atoms with E-state index in [4.69, 9.17) is 15.6 Å². The summed E-state index contributed by atoms with van der Waals surface area (Å²) < 4.78 is 6.21. The number of hydrogen-bond donors (Lipinski definition) is 3. The number of anilines is 1. The van der Waals surface area contributed by atoms with Crippen molar-refractivity contribution in [3.63, 3.8) is 0 Å². The molecule has 0 spiro atoms. The van der Waals surface area contributed by atoms with Crippen molar-refractivity contribution in [2.45, 2.75) is 19.9 Å². The lowest BCUT2D eigenvalue weighted by Crippen LogP contribution is -2.21. The van der Waals surface area contributed by atoms with Gasteiger partial charge in [0.1, 0.15) is 5.82 Å². The number of nitrogens with zero attached hydrogens (tertiary/aromatic N) is 1. The van der Waals surface area contributed by atoms with E-state index in [0.29, 0.717) is 19.6 Å². The first-order chi connectivity index (χ1) is 7.57. The van der Waals surface area contributed by atoms with E-state index in [-0.39, 0.29) is 18.1 Å². The molecule has 0 saturated heterocycles. The molecule has 7 heteroatoms. The minimum absolute atomic E-state index is 0.117. The number of aromatic carboxylic acids is 1. The summed E-state index contributed by atoms with van der Waals surface area (Å²) >= 11 is 0. The average Bonchev–Trinajstić information content (AvgIpc) is 2.48. The van der Waals surface area contributed by atoms with Crippen LogP contribution in [0.1, 0.15) is 23.8 Å². The van der Waals surface area contributed by atoms with Crippen LogP contribution in [0.3, 0.4) is 0 Å². The zero-order valence-electron chi connectivity index (χ0n) is 9.02. The number of nitrogens with two attached hydrogens (primary N) is 1. The molecule has 0 aliphatic rings. The van der Waals surface area contributed by atoms with Crippen LogP contribution in [0.4, 0.5) is 5.82 Å². The lowest BCUT2D eigenvalue weighted by molar-refractivity contribution is 0.0684. The minimum Gasteiger partial charge on any atom is -0.476 e. The number of ether oxygens (including phenoxy) is 1. The van der Waals surface area contributed by atoms with Crippen molar-refractivity contribution in [2.24, 2.45) is 0 Å². The van der Waals surface area contributed by atoms with Gasteiger partial charge in [0.05, 0.1) is 0 Å². The Labute approximate surface area is 91.8 Å². The smallest absolute Gasteiger partial charge is 0.356 e. The third-order valence-electron chi connectivity index (χ3n) is 2.09. The molecule has 0 unspecified atom stereocenters. The molecule has 7 nitrogen and oxygen atoms in total. The number of nitrogens with one attached hydrogen (secondary N) is 1. The number of H-pyrrole nitrogens is 1. The van der Waals surface area contributed by atoms with Crippen LogP contribution < -0.4 is 11.4 Å². The van der Waals surface area contributed by atoms with E-state index in [9.17, 15) is 9.59 Å². The molecule has 0 bridgehead atoms. The van der Waals surface area contributed by atoms with E-state index < -0.39 is 11.7 Å². The van der Waals surface area contributed by atoms with Gasteiger partial charge in [0, 0.05) is 19.8 Å². The number of carboxylic acid groups (broad SMARTS) is 1. The van der Waals surface area contributed by atoms with Gasteiger partial charge < -0.3 is 15.6 Å². The Bertz CT molecular complexity index is 421. The van der Waals surface area contributed by atoms with Crippen LogP contribution in [-0.4, -0.2) is 33.8 Å². The zero-order chi connectivity index (χ0) is 12.1. The van der Waals surface area contributed by atoms with E-state index in [0.717, 1.165) is 4.57 Å². The van der Waals surface area contributed by atoms with Gasteiger partial charge in [-0.2, -0.15) is 0 Å². The first-order valence-electron chi connectivity index (χ1n) is 4.97. The van der Waals surface area contributed by atoms with Gasteiger partial charge in [-0.1, -0.05) is 0 Å². The summed E-state index contributed by atoms with van der Waals surface area (Å²) in [4.78, 5) is 24.5. The summed E-state index contributed by atoms with van der Waals surface area (Å²) in [5, 5.41) is 8.87. The molecule has 0 atom stereocenters. The number of carbonyl (C=O) groups is 1. The topological polar surface area (TPSA) is 110 Å². The molecule has 4 N–H and O–H groups in total. The Hall–Kier alpha value is -1.76. The lowest BCUT2D eigenvalue weighted by Gasteiger charge is -2.04. The van der Waals surface area contributed by atoms with Crippen LogP contribution in [0.15, 0.2) is 4.79 Å². The highest BCUT2D eigenvalue weighted by Crippen LogP contribution is 2.06. The normalized spacial score (nSPS) is 10.6. The Morgan fingerprint density at radius 1 is 1.62 bits per heavy atom. The Morgan fingerprint density at radius 2 is 2.31 bits per heavy atom. The molecule has 1 aromatic rings. The molecular formula is C9H15N3O4. The first-order valence-corrected chi connectivity index (χ1v) is 4.97. The fourth-order valence-corrected chi connectivity index (χ4v) is 1.40. The second-order valence-corrected chi connectivity index (χ2v) is 3.20. The van der Waals surface area contributed by atoms with Gasteiger partial charge in [0.2, 0.25) is 0 Å². The highest BCUT2D eigenvalue weighted by molar-refractivity contribution is 5.90. The quantitative estimate of drug-likeness (QED) is 0.589. The molecule has 0 aliphatic heterocycles. The second kappa shape index (κ2) is 5.36. The molecule has 0 saturated carbocycles. The van der Waals surface area contributed by atoms with Gasteiger partial charge >= 0.3 is 11.7 Å². The first kappa shape index (κ1) is 12.3. The van der Waals surface area contributed by atoms with Crippen LogP contribution in [0.5, 0.6) is 0 Å². The van der Waals surface area contributed by atoms with Crippen LogP contribution in [0.2, 0.25) is 0 Å². The van der Waals surface area contributed by atoms with E-state index in [1.54, 1.807) is 0 Å². The molecule has 0 aromatic carbocycles. The van der Waals surface area contributed by atoms with Crippen molar-refractivity contribution in [3.8, 4) is 0 Å². The van der Waals surface area contributed by atoms with Crippen LogP contribution in [-0.2, 0) is 11.3 Å². The SMILES string of the molecule is CCOCCCn1c(C(=O)O)c(N)[nH]c1=O. The van der Waals surface area contributed by atoms with Crippen molar-refractivity contribution in [1.82, 2.24) is 9.55 Å². The third-order valence-corrected chi connectivity index (χ3v) is 2.09. The standard InChI is InChI=1S/C9H15N3O4/c1-2-16-5-3-4-12-6(8(13)14)7(10)11-9(12)15/h2-5,10H2,1H3,(H,11,15)(H,13,14). The molecular weight excluding hydrogens is 214 g/mol. The van der Waals surface area contributed by atoms with Crippen molar-refractivity contribution in [2.75, 3.05) is 18.9 Å². The van der Waals surface area contributed by atoms with Crippen LogP contribution in [0.25, 0.3) is 0 Å². The van der Waals surface area contributed by atoms with Gasteiger partial charge in [-0.25, -0.2) is 9.59 Å². The predicted octanol–water partition coefficient (Wildman–Crippen LogP) is -0.117. The van der Waals surface area contributed by atoms with E-state index in [1.165, 1.54) is 0 Å². The summed E-state index contributed by atoms with van der Waals surface area (Å²) in [5.41, 5.74) is 4.68. The zero-order valence-corrected chi connectivity index (χ0v) is 9.02. The van der Waals surface area contributed by atoms with E-state index in [2.05, 4.69) is 4.98 Å². The molecule has 0 fully saturated rings. The summed E-state index contributed by atoms with van der Waals surface area (Å²) in [6.45, 7) is 3.21. The van der Waals surface area contributed by atoms with E-state index >= 15 is 0 Å². The number of carboxylic acids is 1. The minimum atomic E-state index is -1.22. The van der Waals surface area contributed by atoms with Crippen molar-refractivity contribution < 1.29 is 14.6 Å². The predicted molar refractivity (Wildman–Crippen MR) is 57.5 cm³/mol. The van der Waals surface area contributed by atoms with Crippen molar-refractivity contribution in [1.29, 1.82) is 0 Å². The molecule has 16 heavy (non-hydrogen) atoms. The monoisotopic (exact) mass is 229 g/mol. The highest BCUT2D eigenvalue weighted by Gasteiger charge is 2.17. The summed E-state index contributed by atoms with van der Waals surface area (Å²) in [6.07, 6.45) is 0.561. The van der Waals surface area contributed by atoms with Gasteiger partial charge in [-0.3, -0.25) is 9.55 Å². The lowest BCUT2D eigenvalue weighted by atomic mass is 10.4. The number of aromatic nitrogens is 2. The molecule has 0 aliphatic carbocycles. The molecule has 1 rings (SSSR count). The van der Waals surface area contributed by atoms with Gasteiger partial charge in [-0.15, -0.1) is 0 Å². The van der Waals surface area contributed by atoms with Gasteiger partial charge in [0.25, 0.3) is 0 Å². The maximum Gasteiger partial charge on any atom is 0.356 e. The van der Waals surface area contributed by atoms with Crippen LogP contribution >= 0.6 is 0 Å². The van der Waals surface area contributed by atoms with Crippen molar-refractivity contribution >= 4 is 11.8 Å². The largest absolute Gasteiger partial charge is 0.476 e. The summed E-state index contributed by atoms with van der Waals surface area (Å²) in [5.74, 6) is -1.33. The summed E-state index contributed by atoms with van der Waals surface area (Å²) in [6, 6.07) is 0. The molecule has 0 amide bonds. The molecule has 1 aromatic heterocycles. The maximum atomic E-state index is 11.4. The summed E-state index contributed by atoms with van der Waals surface area (Å²) in [7, 11) is 0. The number of nitrogen functional groups attached to an aromatic ring is 1. The Kier molecular flexibility index (Phi) is 4.12. The fourth-order valence-electron chi connectivity index (χ4n) is 1.40. The number of imidazole rings is 1. The Balaban J connectivity index is 2.78. The van der Waals surface area contributed by atoms with Crippen LogP contribution in [0, 0.1) is 0 Å². The number of rotatable bonds is 6. The maximum absolute atomic E-state index is 11.4. The number of hydrogen-bond acceptors (Lipinski definition) is 4. The van der Waals surface area contributed by atoms with E-state index in [1.807, 2.05) is 6.92 Å². The fraction of sp³-hybridized carbons (Fsp3) is 0.556. The van der Waals surface area contributed by atoms with Gasteiger partial charge in [-0.05, 0) is 13.3 Å². The highest BCUT2D eigenvalue weighted by atomic mass is 16.5. The average molecular weight is 229 g/mol. The molecule has 1 heterocycles. The Morgan fingerprint density at radius 3 is 2.88 bits per heavy atom. The molecule has 0 radical (unpaired) electrons. The second-order valence-electron chi connectivity index (χ2n) is 3.20. The van der Waals surface area contributed by atoms with Crippen molar-refractivity contribution in [3.05, 3.63) is 16.2 Å².